The van der Waals surface area contributed by atoms with Crippen molar-refractivity contribution in [2.45, 2.75) is 0 Å². The zero-order chi connectivity index (χ0) is 11.7. The molecule has 3 rings (SSSR count). The second-order valence-electron chi connectivity index (χ2n) is 3.61. The quantitative estimate of drug-likeness (QED) is 0.632. The zero-order valence-corrected chi connectivity index (χ0v) is 8.91. The number of rotatable bonds is 1. The molecule has 0 saturated heterocycles. The Labute approximate surface area is 97.8 Å². The van der Waals surface area contributed by atoms with Gasteiger partial charge in [0, 0.05) is 12.4 Å². The van der Waals surface area contributed by atoms with E-state index >= 15 is 0 Å². The molecule has 4 heteroatoms. The lowest BCUT2D eigenvalue weighted by Crippen LogP contribution is -1.97. The van der Waals surface area contributed by atoms with Crippen molar-refractivity contribution in [1.29, 1.82) is 5.26 Å². The van der Waals surface area contributed by atoms with Crippen molar-refractivity contribution < 1.29 is 0 Å². The number of aromatic nitrogens is 3. The Balaban J connectivity index is 2.31. The minimum atomic E-state index is 0.537. The van der Waals surface area contributed by atoms with E-state index in [0.29, 0.717) is 17.0 Å². The van der Waals surface area contributed by atoms with E-state index in [1.54, 1.807) is 10.7 Å². The molecule has 4 nitrogen and oxygen atoms in total. The molecule has 0 aliphatic heterocycles. The first-order valence-electron chi connectivity index (χ1n) is 5.18. The summed E-state index contributed by atoms with van der Waals surface area (Å²) >= 11 is 0. The van der Waals surface area contributed by atoms with Gasteiger partial charge in [0.15, 0.2) is 0 Å². The summed E-state index contributed by atoms with van der Waals surface area (Å²) in [4.78, 5) is 4.22. The Morgan fingerprint density at radius 2 is 2.12 bits per heavy atom. The minimum absolute atomic E-state index is 0.537. The molecule has 3 aromatic heterocycles. The maximum Gasteiger partial charge on any atom is 0.127 e. The Kier molecular flexibility index (Phi) is 2.09. The van der Waals surface area contributed by atoms with Gasteiger partial charge in [-0.1, -0.05) is 6.07 Å². The van der Waals surface area contributed by atoms with Gasteiger partial charge in [0.2, 0.25) is 0 Å². The van der Waals surface area contributed by atoms with Crippen LogP contribution in [0.3, 0.4) is 0 Å². The second-order valence-corrected chi connectivity index (χ2v) is 3.61. The summed E-state index contributed by atoms with van der Waals surface area (Å²) in [6, 6.07) is 13.3. The Bertz CT molecular complexity index is 707. The summed E-state index contributed by atoms with van der Waals surface area (Å²) in [5.41, 5.74) is 2.76. The van der Waals surface area contributed by atoms with Crippen LogP contribution in [0.2, 0.25) is 0 Å². The first-order chi connectivity index (χ1) is 8.38. The van der Waals surface area contributed by atoms with Gasteiger partial charge in [-0.2, -0.15) is 10.4 Å². The molecular formula is C13H8N4. The van der Waals surface area contributed by atoms with Crippen LogP contribution in [0, 0.1) is 11.3 Å². The smallest absolute Gasteiger partial charge is 0.127 e. The highest BCUT2D eigenvalue weighted by molar-refractivity contribution is 5.66. The second kappa shape index (κ2) is 3.72. The first kappa shape index (κ1) is 9.55. The van der Waals surface area contributed by atoms with Gasteiger partial charge >= 0.3 is 0 Å². The van der Waals surface area contributed by atoms with E-state index in [9.17, 15) is 0 Å². The van der Waals surface area contributed by atoms with E-state index in [1.807, 2.05) is 42.6 Å². The van der Waals surface area contributed by atoms with Crippen LogP contribution < -0.4 is 0 Å². The van der Waals surface area contributed by atoms with Gasteiger partial charge in [-0.25, -0.2) is 4.52 Å². The normalized spacial score (nSPS) is 10.3. The van der Waals surface area contributed by atoms with Crippen LogP contribution in [-0.2, 0) is 0 Å². The fourth-order valence-electron chi connectivity index (χ4n) is 1.75. The lowest BCUT2D eigenvalue weighted by Gasteiger charge is -2.03. The highest BCUT2D eigenvalue weighted by Crippen LogP contribution is 2.19. The molecule has 0 atom stereocenters. The largest absolute Gasteiger partial charge is 0.255 e. The van der Waals surface area contributed by atoms with Crippen LogP contribution in [0.4, 0.5) is 0 Å². The van der Waals surface area contributed by atoms with E-state index in [2.05, 4.69) is 16.2 Å². The third-order valence-electron chi connectivity index (χ3n) is 2.54. The van der Waals surface area contributed by atoms with Crippen LogP contribution in [0.15, 0.2) is 48.8 Å². The average molecular weight is 220 g/mol. The van der Waals surface area contributed by atoms with Crippen LogP contribution >= 0.6 is 0 Å². The van der Waals surface area contributed by atoms with E-state index in [-0.39, 0.29) is 0 Å². The third kappa shape index (κ3) is 1.54. The van der Waals surface area contributed by atoms with Gasteiger partial charge in [0.05, 0.1) is 16.8 Å². The molecule has 0 amide bonds. The molecule has 3 aromatic rings. The molecule has 0 aromatic carbocycles. The summed E-state index contributed by atoms with van der Waals surface area (Å²) in [6.45, 7) is 0. The zero-order valence-electron chi connectivity index (χ0n) is 8.91. The van der Waals surface area contributed by atoms with Crippen molar-refractivity contribution in [2.75, 3.05) is 0 Å². The average Bonchev–Trinajstić information content (AvgIpc) is 2.85. The number of hydrogen-bond donors (Lipinski definition) is 0. The van der Waals surface area contributed by atoms with E-state index in [0.717, 1.165) is 5.52 Å². The van der Waals surface area contributed by atoms with Gasteiger partial charge in [0.25, 0.3) is 0 Å². The van der Waals surface area contributed by atoms with Crippen molar-refractivity contribution in [1.82, 2.24) is 14.6 Å². The molecule has 0 fully saturated rings. The molecule has 3 heterocycles. The summed E-state index contributed by atoms with van der Waals surface area (Å²) in [7, 11) is 0. The van der Waals surface area contributed by atoms with Crippen molar-refractivity contribution in [3.8, 4) is 17.5 Å². The Morgan fingerprint density at radius 1 is 1.18 bits per heavy atom. The van der Waals surface area contributed by atoms with Gasteiger partial charge < -0.3 is 0 Å². The predicted octanol–water partition coefficient (Wildman–Crippen LogP) is 2.27. The Morgan fingerprint density at radius 3 is 2.88 bits per heavy atom. The van der Waals surface area contributed by atoms with E-state index in [4.69, 9.17) is 5.26 Å². The molecular weight excluding hydrogens is 212 g/mol. The van der Waals surface area contributed by atoms with E-state index in [1.165, 1.54) is 0 Å². The monoisotopic (exact) mass is 220 g/mol. The van der Waals surface area contributed by atoms with Gasteiger partial charge in [-0.15, -0.1) is 0 Å². The minimum Gasteiger partial charge on any atom is -0.255 e. The lowest BCUT2D eigenvalue weighted by atomic mass is 10.1. The van der Waals surface area contributed by atoms with Crippen molar-refractivity contribution in [3.05, 3.63) is 54.4 Å². The van der Waals surface area contributed by atoms with Crippen LogP contribution in [0.1, 0.15) is 5.56 Å². The number of fused-ring (bicyclic) bond motifs is 1. The summed E-state index contributed by atoms with van der Waals surface area (Å²) < 4.78 is 1.74. The lowest BCUT2D eigenvalue weighted by molar-refractivity contribution is 0.939. The van der Waals surface area contributed by atoms with Crippen molar-refractivity contribution in [2.24, 2.45) is 0 Å². The summed E-state index contributed by atoms with van der Waals surface area (Å²) in [5, 5.41) is 13.6. The number of nitriles is 1. The SMILES string of the molecule is N#Cc1cc2cccn2nc1-c1ccccn1. The molecule has 0 aliphatic rings. The van der Waals surface area contributed by atoms with Gasteiger partial charge in [-0.05, 0) is 30.3 Å². The highest BCUT2D eigenvalue weighted by Gasteiger charge is 2.09. The number of hydrogen-bond acceptors (Lipinski definition) is 3. The molecule has 0 spiro atoms. The summed E-state index contributed by atoms with van der Waals surface area (Å²) in [6.07, 6.45) is 3.54. The van der Waals surface area contributed by atoms with Gasteiger partial charge in [-0.3, -0.25) is 4.98 Å². The standard InChI is InChI=1S/C13H8N4/c14-9-10-8-11-4-3-7-17(11)16-13(10)12-5-1-2-6-15-12/h1-8H. The molecule has 0 radical (unpaired) electrons. The molecule has 0 bridgehead atoms. The molecule has 0 unspecified atom stereocenters. The molecule has 0 aliphatic carbocycles. The Hall–Kier alpha value is -2.67. The first-order valence-corrected chi connectivity index (χ1v) is 5.18. The van der Waals surface area contributed by atoms with Crippen LogP contribution in [0.5, 0.6) is 0 Å². The van der Waals surface area contributed by atoms with Crippen molar-refractivity contribution >= 4 is 5.52 Å². The third-order valence-corrected chi connectivity index (χ3v) is 2.54. The predicted molar refractivity (Wildman–Crippen MR) is 63.1 cm³/mol. The molecule has 17 heavy (non-hydrogen) atoms. The highest BCUT2D eigenvalue weighted by atomic mass is 15.2. The number of nitrogens with zero attached hydrogens (tertiary/aromatic N) is 4. The van der Waals surface area contributed by atoms with Crippen LogP contribution in [0.25, 0.3) is 16.9 Å². The topological polar surface area (TPSA) is 54.0 Å². The fraction of sp³-hybridized carbons (Fsp3) is 0. The van der Waals surface area contributed by atoms with Crippen LogP contribution in [-0.4, -0.2) is 14.6 Å². The molecule has 80 valence electrons. The van der Waals surface area contributed by atoms with E-state index < -0.39 is 0 Å². The molecule has 0 saturated carbocycles. The number of pyridine rings is 1. The molecule has 0 N–H and O–H groups in total. The maximum atomic E-state index is 9.15. The fourth-order valence-corrected chi connectivity index (χ4v) is 1.75. The summed E-state index contributed by atoms with van der Waals surface area (Å²) in [5.74, 6) is 0. The van der Waals surface area contributed by atoms with Crippen molar-refractivity contribution in [3.63, 3.8) is 0 Å². The maximum absolute atomic E-state index is 9.15. The van der Waals surface area contributed by atoms with Gasteiger partial charge in [0.1, 0.15) is 11.8 Å².